The molecule has 0 aliphatic carbocycles. The molecule has 2 aromatic rings. The van der Waals surface area contributed by atoms with Crippen molar-refractivity contribution in [1.29, 1.82) is 0 Å². The van der Waals surface area contributed by atoms with Crippen LogP contribution in [0.1, 0.15) is 58.4 Å². The first-order valence-electron chi connectivity index (χ1n) is 9.27. The average Bonchev–Trinajstić information content (AvgIpc) is 2.64. The molecule has 0 bridgehead atoms. The van der Waals surface area contributed by atoms with Gasteiger partial charge in [0, 0.05) is 18.0 Å². The zero-order chi connectivity index (χ0) is 17.2. The Labute approximate surface area is 146 Å². The van der Waals surface area contributed by atoms with Gasteiger partial charge in [0.1, 0.15) is 5.75 Å². The summed E-state index contributed by atoms with van der Waals surface area (Å²) in [5.41, 5.74) is 2.26. The fraction of sp³-hybridized carbons (Fsp3) is 0.524. The average molecular weight is 326 g/mol. The summed E-state index contributed by atoms with van der Waals surface area (Å²) in [7, 11) is 0. The first kappa shape index (κ1) is 18.4. The first-order chi connectivity index (χ1) is 11.7. The molecule has 0 aliphatic rings. The molecule has 0 saturated heterocycles. The van der Waals surface area contributed by atoms with Crippen LogP contribution >= 0.6 is 0 Å². The van der Waals surface area contributed by atoms with Gasteiger partial charge in [0.2, 0.25) is 0 Å². The molecule has 1 heterocycles. The van der Waals surface area contributed by atoms with Gasteiger partial charge in [-0.25, -0.2) is 9.97 Å². The van der Waals surface area contributed by atoms with Crippen LogP contribution in [0.2, 0.25) is 0 Å². The van der Waals surface area contributed by atoms with Crippen LogP contribution in [-0.4, -0.2) is 16.6 Å². The molecular weight excluding hydrogens is 296 g/mol. The van der Waals surface area contributed by atoms with E-state index in [-0.39, 0.29) is 0 Å². The topological polar surface area (TPSA) is 35.0 Å². The lowest BCUT2D eigenvalue weighted by Crippen LogP contribution is -2.07. The van der Waals surface area contributed by atoms with Crippen molar-refractivity contribution in [3.05, 3.63) is 42.2 Å². The summed E-state index contributed by atoms with van der Waals surface area (Å²) in [5, 5.41) is 0. The maximum absolute atomic E-state index is 5.79. The molecule has 1 aromatic heterocycles. The Balaban J connectivity index is 1.89. The predicted molar refractivity (Wildman–Crippen MR) is 100 cm³/mol. The van der Waals surface area contributed by atoms with Crippen molar-refractivity contribution in [2.75, 3.05) is 6.61 Å². The van der Waals surface area contributed by atoms with E-state index in [4.69, 9.17) is 4.74 Å². The number of ether oxygens (including phenoxy) is 1. The van der Waals surface area contributed by atoms with E-state index in [1.807, 2.05) is 36.7 Å². The van der Waals surface area contributed by atoms with Crippen molar-refractivity contribution in [3.63, 3.8) is 0 Å². The van der Waals surface area contributed by atoms with Gasteiger partial charge in [-0.05, 0) is 48.6 Å². The molecule has 3 nitrogen and oxygen atoms in total. The summed E-state index contributed by atoms with van der Waals surface area (Å²) in [5.74, 6) is 2.27. The van der Waals surface area contributed by atoms with Gasteiger partial charge >= 0.3 is 0 Å². The summed E-state index contributed by atoms with van der Waals surface area (Å²) in [6.07, 6.45) is 11.2. The fourth-order valence-electron chi connectivity index (χ4n) is 2.45. The number of nitrogens with zero attached hydrogens (tertiary/aromatic N) is 2. The van der Waals surface area contributed by atoms with Gasteiger partial charge in [0.25, 0.3) is 0 Å². The van der Waals surface area contributed by atoms with Gasteiger partial charge in [-0.3, -0.25) is 0 Å². The van der Waals surface area contributed by atoms with Crippen molar-refractivity contribution in [2.24, 2.45) is 5.92 Å². The molecule has 24 heavy (non-hydrogen) atoms. The summed E-state index contributed by atoms with van der Waals surface area (Å²) in [6.45, 7) is 7.38. The maximum Gasteiger partial charge on any atom is 0.159 e. The minimum absolute atomic E-state index is 0.581. The molecule has 1 atom stereocenters. The molecular formula is C21H30N2O. The number of hydrogen-bond donors (Lipinski definition) is 0. The Morgan fingerprint density at radius 2 is 1.67 bits per heavy atom. The van der Waals surface area contributed by atoms with Gasteiger partial charge < -0.3 is 4.74 Å². The Hall–Kier alpha value is -1.90. The van der Waals surface area contributed by atoms with E-state index >= 15 is 0 Å². The van der Waals surface area contributed by atoms with Crippen LogP contribution in [0.25, 0.3) is 11.4 Å². The van der Waals surface area contributed by atoms with Crippen molar-refractivity contribution in [1.82, 2.24) is 9.97 Å². The van der Waals surface area contributed by atoms with E-state index < -0.39 is 0 Å². The largest absolute Gasteiger partial charge is 0.493 e. The molecule has 0 saturated carbocycles. The number of rotatable bonds is 10. The zero-order valence-electron chi connectivity index (χ0n) is 15.3. The van der Waals surface area contributed by atoms with Crippen LogP contribution in [-0.2, 0) is 6.42 Å². The minimum atomic E-state index is 0.581. The molecule has 3 heteroatoms. The molecule has 1 unspecified atom stereocenters. The van der Waals surface area contributed by atoms with Gasteiger partial charge in [-0.15, -0.1) is 0 Å². The third-order valence-electron chi connectivity index (χ3n) is 4.37. The third kappa shape index (κ3) is 5.95. The summed E-state index contributed by atoms with van der Waals surface area (Å²) in [4.78, 5) is 9.03. The molecule has 0 radical (unpaired) electrons. The molecule has 130 valence electrons. The van der Waals surface area contributed by atoms with Gasteiger partial charge in [-0.1, -0.05) is 46.5 Å². The number of hydrogen-bond acceptors (Lipinski definition) is 3. The molecule has 2 rings (SSSR count). The van der Waals surface area contributed by atoms with Crippen molar-refractivity contribution in [3.8, 4) is 17.1 Å². The fourth-order valence-corrected chi connectivity index (χ4v) is 2.45. The van der Waals surface area contributed by atoms with Gasteiger partial charge in [0.15, 0.2) is 5.82 Å². The minimum Gasteiger partial charge on any atom is -0.493 e. The second-order valence-corrected chi connectivity index (χ2v) is 6.57. The number of aryl methyl sites for hydroxylation is 1. The lowest BCUT2D eigenvalue weighted by Gasteiger charge is -2.11. The van der Waals surface area contributed by atoms with Crippen LogP contribution in [0.15, 0.2) is 36.7 Å². The van der Waals surface area contributed by atoms with Gasteiger partial charge in [-0.2, -0.15) is 0 Å². The quantitative estimate of drug-likeness (QED) is 0.526. The Morgan fingerprint density at radius 3 is 2.29 bits per heavy atom. The molecule has 0 spiro atoms. The summed E-state index contributed by atoms with van der Waals surface area (Å²) in [6, 6.07) is 8.06. The van der Waals surface area contributed by atoms with Crippen LogP contribution in [0.3, 0.4) is 0 Å². The maximum atomic E-state index is 5.79. The van der Waals surface area contributed by atoms with Crippen LogP contribution in [0.5, 0.6) is 5.75 Å². The predicted octanol–water partition coefficient (Wildman–Crippen LogP) is 5.69. The van der Waals surface area contributed by atoms with E-state index in [2.05, 4.69) is 30.7 Å². The Morgan fingerprint density at radius 1 is 0.958 bits per heavy atom. The lowest BCUT2D eigenvalue weighted by atomic mass is 10.1. The molecule has 0 fully saturated rings. The lowest BCUT2D eigenvalue weighted by molar-refractivity contribution is 0.256. The SMILES string of the molecule is CCCCCCc1cnc(-c2ccc(OCC(C)CC)cc2)nc1. The standard InChI is InChI=1S/C21H30N2O/c1-4-6-7-8-9-18-14-22-21(23-15-18)19-10-12-20(13-11-19)24-16-17(3)5-2/h10-15,17H,4-9,16H2,1-3H3. The Bertz CT molecular complexity index is 578. The van der Waals surface area contributed by atoms with E-state index in [1.54, 1.807) is 0 Å². The van der Waals surface area contributed by atoms with E-state index in [1.165, 1.54) is 31.2 Å². The van der Waals surface area contributed by atoms with E-state index in [0.717, 1.165) is 36.6 Å². The summed E-state index contributed by atoms with van der Waals surface area (Å²) < 4.78 is 5.79. The van der Waals surface area contributed by atoms with Crippen LogP contribution in [0, 0.1) is 5.92 Å². The van der Waals surface area contributed by atoms with Crippen molar-refractivity contribution < 1.29 is 4.74 Å². The van der Waals surface area contributed by atoms with Gasteiger partial charge in [0.05, 0.1) is 6.61 Å². The van der Waals surface area contributed by atoms with E-state index in [0.29, 0.717) is 5.92 Å². The van der Waals surface area contributed by atoms with E-state index in [9.17, 15) is 0 Å². The smallest absolute Gasteiger partial charge is 0.159 e. The molecule has 0 amide bonds. The van der Waals surface area contributed by atoms with Crippen molar-refractivity contribution in [2.45, 2.75) is 59.3 Å². The normalized spacial score (nSPS) is 12.1. The van der Waals surface area contributed by atoms with Crippen LogP contribution < -0.4 is 4.74 Å². The molecule has 1 aromatic carbocycles. The zero-order valence-corrected chi connectivity index (χ0v) is 15.3. The third-order valence-corrected chi connectivity index (χ3v) is 4.37. The monoisotopic (exact) mass is 326 g/mol. The van der Waals surface area contributed by atoms with Crippen molar-refractivity contribution >= 4 is 0 Å². The number of benzene rings is 1. The second-order valence-electron chi connectivity index (χ2n) is 6.57. The number of aromatic nitrogens is 2. The highest BCUT2D eigenvalue weighted by atomic mass is 16.5. The Kier molecular flexibility index (Phi) is 7.73. The first-order valence-corrected chi connectivity index (χ1v) is 9.27. The molecule has 0 N–H and O–H groups in total. The summed E-state index contributed by atoms with van der Waals surface area (Å²) >= 11 is 0. The highest BCUT2D eigenvalue weighted by Crippen LogP contribution is 2.20. The number of unbranched alkanes of at least 4 members (excludes halogenated alkanes) is 3. The highest BCUT2D eigenvalue weighted by molar-refractivity contribution is 5.55. The highest BCUT2D eigenvalue weighted by Gasteiger charge is 2.04. The van der Waals surface area contributed by atoms with Crippen LogP contribution in [0.4, 0.5) is 0 Å². The second kappa shape index (κ2) is 10.1. The molecule has 0 aliphatic heterocycles.